The molecule has 1 saturated carbocycles. The summed E-state index contributed by atoms with van der Waals surface area (Å²) in [5.74, 6) is 1.09. The standard InChI is InChI=1S/C13H20N2O/c1-2-6-13(5-1)11-15(8-7-14-13)10-12-4-3-9-16-12/h3-4,9,14H,1-2,5-8,10-11H2. The van der Waals surface area contributed by atoms with Gasteiger partial charge in [0.15, 0.2) is 0 Å². The quantitative estimate of drug-likeness (QED) is 0.826. The summed E-state index contributed by atoms with van der Waals surface area (Å²) in [5, 5.41) is 3.73. The van der Waals surface area contributed by atoms with Crippen molar-refractivity contribution < 1.29 is 4.42 Å². The van der Waals surface area contributed by atoms with Crippen molar-refractivity contribution in [3.63, 3.8) is 0 Å². The van der Waals surface area contributed by atoms with Gasteiger partial charge in [0.2, 0.25) is 0 Å². The maximum atomic E-state index is 5.43. The second kappa shape index (κ2) is 4.22. The average molecular weight is 220 g/mol. The summed E-state index contributed by atoms with van der Waals surface area (Å²) in [7, 11) is 0. The molecule has 88 valence electrons. The topological polar surface area (TPSA) is 28.4 Å². The van der Waals surface area contributed by atoms with Gasteiger partial charge in [0.1, 0.15) is 5.76 Å². The van der Waals surface area contributed by atoms with E-state index in [-0.39, 0.29) is 0 Å². The third-order valence-electron chi connectivity index (χ3n) is 3.97. The minimum atomic E-state index is 0.421. The van der Waals surface area contributed by atoms with Crippen LogP contribution in [0.5, 0.6) is 0 Å². The monoisotopic (exact) mass is 220 g/mol. The van der Waals surface area contributed by atoms with E-state index in [1.807, 2.05) is 6.07 Å². The largest absolute Gasteiger partial charge is 0.468 e. The molecule has 0 radical (unpaired) electrons. The highest BCUT2D eigenvalue weighted by atomic mass is 16.3. The SMILES string of the molecule is c1coc(CN2CCNC3(CCCC3)C2)c1. The van der Waals surface area contributed by atoms with E-state index in [0.717, 1.165) is 25.4 Å². The Balaban J connectivity index is 1.63. The van der Waals surface area contributed by atoms with Crippen molar-refractivity contribution in [3.8, 4) is 0 Å². The Bertz CT molecular complexity index is 328. The first kappa shape index (κ1) is 10.4. The Hall–Kier alpha value is -0.800. The van der Waals surface area contributed by atoms with E-state index in [9.17, 15) is 0 Å². The lowest BCUT2D eigenvalue weighted by atomic mass is 9.94. The van der Waals surface area contributed by atoms with Crippen LogP contribution < -0.4 is 5.32 Å². The zero-order valence-electron chi connectivity index (χ0n) is 9.74. The molecule has 1 N–H and O–H groups in total. The van der Waals surface area contributed by atoms with Gasteiger partial charge in [-0.3, -0.25) is 4.90 Å². The minimum Gasteiger partial charge on any atom is -0.468 e. The Kier molecular flexibility index (Phi) is 2.74. The molecule has 1 aromatic heterocycles. The normalized spacial score (nSPS) is 25.2. The Labute approximate surface area is 96.8 Å². The Morgan fingerprint density at radius 3 is 3.00 bits per heavy atom. The first-order valence-corrected chi connectivity index (χ1v) is 6.36. The van der Waals surface area contributed by atoms with Gasteiger partial charge in [-0.25, -0.2) is 0 Å². The minimum absolute atomic E-state index is 0.421. The van der Waals surface area contributed by atoms with Gasteiger partial charge in [-0.15, -0.1) is 0 Å². The number of hydrogen-bond donors (Lipinski definition) is 1. The number of furan rings is 1. The number of rotatable bonds is 2. The van der Waals surface area contributed by atoms with Crippen molar-refractivity contribution in [2.24, 2.45) is 0 Å². The average Bonchev–Trinajstić information content (AvgIpc) is 2.91. The van der Waals surface area contributed by atoms with Crippen molar-refractivity contribution >= 4 is 0 Å². The first-order valence-electron chi connectivity index (χ1n) is 6.36. The lowest BCUT2D eigenvalue weighted by Gasteiger charge is -2.41. The molecule has 1 spiro atoms. The summed E-state index contributed by atoms with van der Waals surface area (Å²) >= 11 is 0. The van der Waals surface area contributed by atoms with Crippen LogP contribution in [0.4, 0.5) is 0 Å². The Morgan fingerprint density at radius 2 is 2.25 bits per heavy atom. The molecular weight excluding hydrogens is 200 g/mol. The van der Waals surface area contributed by atoms with Crippen molar-refractivity contribution in [2.45, 2.75) is 37.8 Å². The second-order valence-electron chi connectivity index (χ2n) is 5.20. The van der Waals surface area contributed by atoms with Gasteiger partial charge < -0.3 is 9.73 Å². The zero-order valence-corrected chi connectivity index (χ0v) is 9.74. The van der Waals surface area contributed by atoms with Gasteiger partial charge in [-0.1, -0.05) is 12.8 Å². The van der Waals surface area contributed by atoms with Gasteiger partial charge in [-0.05, 0) is 25.0 Å². The molecule has 0 amide bonds. The highest BCUT2D eigenvalue weighted by Gasteiger charge is 2.37. The van der Waals surface area contributed by atoms with Crippen LogP contribution in [0.3, 0.4) is 0 Å². The van der Waals surface area contributed by atoms with Gasteiger partial charge in [0.05, 0.1) is 12.8 Å². The molecule has 1 aliphatic heterocycles. The van der Waals surface area contributed by atoms with Crippen molar-refractivity contribution in [1.29, 1.82) is 0 Å². The summed E-state index contributed by atoms with van der Waals surface area (Å²) in [5.41, 5.74) is 0.421. The highest BCUT2D eigenvalue weighted by Crippen LogP contribution is 2.32. The molecule has 2 aliphatic rings. The van der Waals surface area contributed by atoms with E-state index < -0.39 is 0 Å². The summed E-state index contributed by atoms with van der Waals surface area (Å²) in [6.45, 7) is 4.42. The molecule has 0 unspecified atom stereocenters. The van der Waals surface area contributed by atoms with E-state index in [0.29, 0.717) is 5.54 Å². The fourth-order valence-electron chi connectivity index (χ4n) is 3.19. The lowest BCUT2D eigenvalue weighted by molar-refractivity contribution is 0.121. The number of nitrogens with zero attached hydrogens (tertiary/aromatic N) is 1. The maximum absolute atomic E-state index is 5.43. The summed E-state index contributed by atoms with van der Waals surface area (Å²) < 4.78 is 5.43. The third-order valence-corrected chi connectivity index (χ3v) is 3.97. The maximum Gasteiger partial charge on any atom is 0.117 e. The predicted octanol–water partition coefficient (Wildman–Crippen LogP) is 2.00. The smallest absolute Gasteiger partial charge is 0.117 e. The molecule has 3 nitrogen and oxygen atoms in total. The molecule has 2 heterocycles. The van der Waals surface area contributed by atoms with Gasteiger partial charge in [0.25, 0.3) is 0 Å². The lowest BCUT2D eigenvalue weighted by Crippen LogP contribution is -2.58. The van der Waals surface area contributed by atoms with Gasteiger partial charge in [0, 0.05) is 25.2 Å². The van der Waals surface area contributed by atoms with E-state index in [2.05, 4.69) is 16.3 Å². The van der Waals surface area contributed by atoms with Crippen LogP contribution in [0, 0.1) is 0 Å². The zero-order chi connectivity index (χ0) is 10.8. The van der Waals surface area contributed by atoms with Crippen molar-refractivity contribution in [2.75, 3.05) is 19.6 Å². The van der Waals surface area contributed by atoms with Crippen LogP contribution in [-0.2, 0) is 6.54 Å². The van der Waals surface area contributed by atoms with E-state index in [4.69, 9.17) is 4.42 Å². The molecule has 0 atom stereocenters. The van der Waals surface area contributed by atoms with E-state index in [1.165, 1.54) is 32.2 Å². The van der Waals surface area contributed by atoms with Crippen LogP contribution in [0.1, 0.15) is 31.4 Å². The molecule has 1 aromatic rings. The number of hydrogen-bond acceptors (Lipinski definition) is 3. The van der Waals surface area contributed by atoms with Crippen molar-refractivity contribution in [3.05, 3.63) is 24.2 Å². The molecule has 0 aromatic carbocycles. The molecule has 1 saturated heterocycles. The fourth-order valence-corrected chi connectivity index (χ4v) is 3.19. The predicted molar refractivity (Wildman–Crippen MR) is 63.2 cm³/mol. The molecule has 0 bridgehead atoms. The molecular formula is C13H20N2O. The van der Waals surface area contributed by atoms with E-state index in [1.54, 1.807) is 6.26 Å². The van der Waals surface area contributed by atoms with Crippen LogP contribution in [0.2, 0.25) is 0 Å². The molecule has 1 aliphatic carbocycles. The number of piperazine rings is 1. The summed E-state index contributed by atoms with van der Waals surface area (Å²) in [6.07, 6.45) is 7.25. The fraction of sp³-hybridized carbons (Fsp3) is 0.692. The van der Waals surface area contributed by atoms with Gasteiger partial charge >= 0.3 is 0 Å². The molecule has 3 heteroatoms. The molecule has 3 rings (SSSR count). The molecule has 2 fully saturated rings. The van der Waals surface area contributed by atoms with Crippen LogP contribution in [0.15, 0.2) is 22.8 Å². The molecule has 16 heavy (non-hydrogen) atoms. The Morgan fingerprint density at radius 1 is 1.38 bits per heavy atom. The third kappa shape index (κ3) is 2.02. The summed E-state index contributed by atoms with van der Waals surface area (Å²) in [6, 6.07) is 4.05. The van der Waals surface area contributed by atoms with Crippen LogP contribution >= 0.6 is 0 Å². The number of nitrogens with one attached hydrogen (secondary N) is 1. The van der Waals surface area contributed by atoms with E-state index >= 15 is 0 Å². The first-order chi connectivity index (χ1) is 7.86. The van der Waals surface area contributed by atoms with Crippen LogP contribution in [0.25, 0.3) is 0 Å². The second-order valence-corrected chi connectivity index (χ2v) is 5.20. The van der Waals surface area contributed by atoms with Crippen LogP contribution in [-0.4, -0.2) is 30.1 Å². The highest BCUT2D eigenvalue weighted by molar-refractivity contribution is 5.02. The van der Waals surface area contributed by atoms with Crippen molar-refractivity contribution in [1.82, 2.24) is 10.2 Å². The van der Waals surface area contributed by atoms with Gasteiger partial charge in [-0.2, -0.15) is 0 Å². The summed E-state index contributed by atoms with van der Waals surface area (Å²) in [4.78, 5) is 2.53.